The minimum absolute atomic E-state index is 0.0697. The van der Waals surface area contributed by atoms with E-state index in [0.29, 0.717) is 0 Å². The smallest absolute Gasteiger partial charge is 0.256 e. The summed E-state index contributed by atoms with van der Waals surface area (Å²) in [6, 6.07) is 0. The number of aliphatic hydroxyl groups is 1. The molecule has 0 aromatic carbocycles. The van der Waals surface area contributed by atoms with Gasteiger partial charge in [0.1, 0.15) is 0 Å². The molecule has 0 spiro atoms. The summed E-state index contributed by atoms with van der Waals surface area (Å²) in [5, 5.41) is 8.65. The van der Waals surface area contributed by atoms with Gasteiger partial charge in [0.2, 0.25) is 3.79 Å². The van der Waals surface area contributed by atoms with Crippen molar-refractivity contribution >= 4 is 34.8 Å². The number of nitrogens with zero attached hydrogens (tertiary/aromatic N) is 1. The van der Waals surface area contributed by atoms with E-state index >= 15 is 0 Å². The van der Waals surface area contributed by atoms with Crippen molar-refractivity contribution in [2.24, 2.45) is 0 Å². The standard InChI is InChI=1S/C6H5Cl3N2O2/c7-6(8,9)5-10-1-3(2-12)4(13)11-5/h1,12H,2H2,(H,10,11,13). The van der Waals surface area contributed by atoms with Crippen LogP contribution in [0.1, 0.15) is 11.4 Å². The second-order valence-corrected chi connectivity index (χ2v) is 4.52. The van der Waals surface area contributed by atoms with Crippen molar-refractivity contribution < 1.29 is 5.11 Å². The van der Waals surface area contributed by atoms with Crippen molar-refractivity contribution in [1.29, 1.82) is 0 Å². The lowest BCUT2D eigenvalue weighted by Gasteiger charge is -2.08. The van der Waals surface area contributed by atoms with E-state index in [9.17, 15) is 4.79 Å². The fourth-order valence-electron chi connectivity index (χ4n) is 0.678. The molecule has 13 heavy (non-hydrogen) atoms. The first-order valence-electron chi connectivity index (χ1n) is 3.21. The maximum absolute atomic E-state index is 11.1. The predicted molar refractivity (Wildman–Crippen MR) is 50.0 cm³/mol. The third-order valence-corrected chi connectivity index (χ3v) is 1.85. The number of halogens is 3. The van der Waals surface area contributed by atoms with Gasteiger partial charge in [-0.05, 0) is 0 Å². The monoisotopic (exact) mass is 242 g/mol. The number of hydrogen-bond donors (Lipinski definition) is 2. The largest absolute Gasteiger partial charge is 0.391 e. The molecule has 0 radical (unpaired) electrons. The lowest BCUT2D eigenvalue weighted by atomic mass is 10.3. The Hall–Kier alpha value is -0.290. The fraction of sp³-hybridized carbons (Fsp3) is 0.333. The van der Waals surface area contributed by atoms with Crippen LogP contribution in [0.2, 0.25) is 0 Å². The van der Waals surface area contributed by atoms with E-state index in [2.05, 4.69) is 9.97 Å². The molecule has 0 saturated heterocycles. The number of alkyl halides is 3. The summed E-state index contributed by atoms with van der Waals surface area (Å²) in [7, 11) is 0. The average Bonchev–Trinajstić information content (AvgIpc) is 2.02. The van der Waals surface area contributed by atoms with Crippen LogP contribution in [0.5, 0.6) is 0 Å². The van der Waals surface area contributed by atoms with Crippen LogP contribution in [0, 0.1) is 0 Å². The number of H-pyrrole nitrogens is 1. The third-order valence-electron chi connectivity index (χ3n) is 1.31. The Morgan fingerprint density at radius 3 is 2.54 bits per heavy atom. The van der Waals surface area contributed by atoms with Crippen LogP contribution in [0.3, 0.4) is 0 Å². The van der Waals surface area contributed by atoms with Gasteiger partial charge in [0.25, 0.3) is 5.56 Å². The molecule has 4 nitrogen and oxygen atoms in total. The van der Waals surface area contributed by atoms with Crippen LogP contribution in [0.15, 0.2) is 11.0 Å². The van der Waals surface area contributed by atoms with E-state index in [0.717, 1.165) is 6.20 Å². The van der Waals surface area contributed by atoms with Gasteiger partial charge >= 0.3 is 0 Å². The highest BCUT2D eigenvalue weighted by molar-refractivity contribution is 6.66. The molecule has 0 bridgehead atoms. The van der Waals surface area contributed by atoms with Gasteiger partial charge in [-0.3, -0.25) is 4.79 Å². The number of hydrogen-bond acceptors (Lipinski definition) is 3. The zero-order valence-corrected chi connectivity index (χ0v) is 8.49. The van der Waals surface area contributed by atoms with Gasteiger partial charge in [-0.1, -0.05) is 34.8 Å². The first-order chi connectivity index (χ1) is 5.95. The van der Waals surface area contributed by atoms with Crippen molar-refractivity contribution in [2.45, 2.75) is 10.4 Å². The molecule has 2 N–H and O–H groups in total. The SMILES string of the molecule is O=c1[nH]c(C(Cl)(Cl)Cl)ncc1CO. The fourth-order valence-corrected chi connectivity index (χ4v) is 0.966. The van der Waals surface area contributed by atoms with Gasteiger partial charge in [0.15, 0.2) is 5.82 Å². The summed E-state index contributed by atoms with van der Waals surface area (Å²) in [6.45, 7) is -0.400. The maximum atomic E-state index is 11.1. The summed E-state index contributed by atoms with van der Waals surface area (Å²) >= 11 is 16.4. The molecule has 7 heteroatoms. The van der Waals surface area contributed by atoms with E-state index in [4.69, 9.17) is 39.9 Å². The molecule has 0 atom stereocenters. The minimum Gasteiger partial charge on any atom is -0.391 e. The molecule has 1 aromatic rings. The Balaban J connectivity index is 3.18. The molecule has 0 aliphatic carbocycles. The summed E-state index contributed by atoms with van der Waals surface area (Å²) in [5.74, 6) is -0.0697. The first kappa shape index (κ1) is 10.8. The average molecular weight is 243 g/mol. The molecule has 0 aliphatic rings. The number of nitrogens with one attached hydrogen (secondary N) is 1. The maximum Gasteiger partial charge on any atom is 0.256 e. The first-order valence-corrected chi connectivity index (χ1v) is 4.35. The topological polar surface area (TPSA) is 66.0 Å². The van der Waals surface area contributed by atoms with Crippen molar-refractivity contribution in [2.75, 3.05) is 0 Å². The van der Waals surface area contributed by atoms with E-state index in [1.807, 2.05) is 0 Å². The van der Waals surface area contributed by atoms with Gasteiger partial charge in [0, 0.05) is 6.20 Å². The summed E-state index contributed by atoms with van der Waals surface area (Å²) in [6.07, 6.45) is 1.16. The molecule has 0 fully saturated rings. The molecule has 0 aliphatic heterocycles. The van der Waals surface area contributed by atoms with Crippen molar-refractivity contribution in [3.63, 3.8) is 0 Å². The lowest BCUT2D eigenvalue weighted by molar-refractivity contribution is 0.279. The molecule has 0 saturated carbocycles. The van der Waals surface area contributed by atoms with E-state index in [1.54, 1.807) is 0 Å². The molecule has 0 amide bonds. The van der Waals surface area contributed by atoms with Crippen molar-refractivity contribution in [3.8, 4) is 0 Å². The normalized spacial score (nSPS) is 11.7. The molecule has 1 heterocycles. The second kappa shape index (κ2) is 3.84. The van der Waals surface area contributed by atoms with Crippen LogP contribution in [-0.4, -0.2) is 15.1 Å². The van der Waals surface area contributed by atoms with Gasteiger partial charge in [-0.25, -0.2) is 4.98 Å². The Bertz CT molecular complexity index is 358. The zero-order valence-electron chi connectivity index (χ0n) is 6.22. The third kappa shape index (κ3) is 2.57. The van der Waals surface area contributed by atoms with Gasteiger partial charge < -0.3 is 10.1 Å². The van der Waals surface area contributed by atoms with E-state index < -0.39 is 16.0 Å². The highest BCUT2D eigenvalue weighted by Gasteiger charge is 2.25. The summed E-state index contributed by atoms with van der Waals surface area (Å²) in [5.41, 5.74) is -0.392. The Morgan fingerprint density at radius 2 is 2.15 bits per heavy atom. The van der Waals surface area contributed by atoms with Crippen LogP contribution < -0.4 is 5.56 Å². The Kier molecular flexibility index (Phi) is 3.18. The molecule has 1 rings (SSSR count). The second-order valence-electron chi connectivity index (χ2n) is 2.24. The van der Waals surface area contributed by atoms with Crippen LogP contribution in [0.25, 0.3) is 0 Å². The minimum atomic E-state index is -1.76. The highest BCUT2D eigenvalue weighted by atomic mass is 35.6. The van der Waals surface area contributed by atoms with Gasteiger partial charge in [0.05, 0.1) is 12.2 Å². The van der Waals surface area contributed by atoms with Crippen LogP contribution >= 0.6 is 34.8 Å². The number of rotatable bonds is 1. The molecular formula is C6H5Cl3N2O2. The molecular weight excluding hydrogens is 238 g/mol. The molecule has 0 unspecified atom stereocenters. The number of aromatic nitrogens is 2. The highest BCUT2D eigenvalue weighted by Crippen LogP contribution is 2.34. The predicted octanol–water partition coefficient (Wildman–Crippen LogP) is 1.09. The van der Waals surface area contributed by atoms with Crippen LogP contribution in [0.4, 0.5) is 0 Å². The summed E-state index contributed by atoms with van der Waals surface area (Å²) < 4.78 is -1.76. The Morgan fingerprint density at radius 1 is 1.54 bits per heavy atom. The van der Waals surface area contributed by atoms with Crippen LogP contribution in [-0.2, 0) is 10.4 Å². The molecule has 1 aromatic heterocycles. The number of aromatic amines is 1. The quantitative estimate of drug-likeness (QED) is 0.726. The van der Waals surface area contributed by atoms with Gasteiger partial charge in [-0.2, -0.15) is 0 Å². The molecule has 72 valence electrons. The summed E-state index contributed by atoms with van der Waals surface area (Å²) in [4.78, 5) is 17.0. The van der Waals surface area contributed by atoms with E-state index in [-0.39, 0.29) is 11.4 Å². The van der Waals surface area contributed by atoms with Crippen molar-refractivity contribution in [1.82, 2.24) is 9.97 Å². The van der Waals surface area contributed by atoms with E-state index in [1.165, 1.54) is 0 Å². The number of aliphatic hydroxyl groups excluding tert-OH is 1. The van der Waals surface area contributed by atoms with Crippen molar-refractivity contribution in [3.05, 3.63) is 27.9 Å². The zero-order chi connectivity index (χ0) is 10.1. The Labute approximate surface area is 88.5 Å². The lowest BCUT2D eigenvalue weighted by Crippen LogP contribution is -2.19. The van der Waals surface area contributed by atoms with Gasteiger partial charge in [-0.15, -0.1) is 0 Å².